The van der Waals surface area contributed by atoms with Gasteiger partial charge >= 0.3 is 0 Å². The molecule has 0 bridgehead atoms. The Hall–Kier alpha value is -0.780. The lowest BCUT2D eigenvalue weighted by atomic mass is 10.1. The van der Waals surface area contributed by atoms with E-state index < -0.39 is 0 Å². The van der Waals surface area contributed by atoms with Gasteiger partial charge in [0.15, 0.2) is 0 Å². The van der Waals surface area contributed by atoms with E-state index in [2.05, 4.69) is 20.9 Å². The second kappa shape index (κ2) is 5.03. The quantitative estimate of drug-likeness (QED) is 0.940. The SMILES string of the molecule is CC(N)c1ccc(Br)cc1Sc1ncco1. The molecule has 16 heavy (non-hydrogen) atoms. The molecule has 0 radical (unpaired) electrons. The van der Waals surface area contributed by atoms with Crippen molar-refractivity contribution in [3.8, 4) is 0 Å². The molecule has 0 saturated heterocycles. The minimum Gasteiger partial charge on any atom is -0.440 e. The molecule has 0 spiro atoms. The maximum Gasteiger partial charge on any atom is 0.260 e. The standard InChI is InChI=1S/C11H11BrN2OS/c1-7(13)9-3-2-8(12)6-10(9)16-11-14-4-5-15-11/h2-7H,13H2,1H3. The number of oxazole rings is 1. The van der Waals surface area contributed by atoms with E-state index in [4.69, 9.17) is 10.2 Å². The molecule has 1 heterocycles. The molecule has 0 saturated carbocycles. The molecule has 0 amide bonds. The van der Waals surface area contributed by atoms with Crippen LogP contribution in [0.1, 0.15) is 18.5 Å². The van der Waals surface area contributed by atoms with Crippen LogP contribution in [-0.4, -0.2) is 4.98 Å². The van der Waals surface area contributed by atoms with Gasteiger partial charge in [-0.3, -0.25) is 0 Å². The summed E-state index contributed by atoms with van der Waals surface area (Å²) >= 11 is 4.92. The van der Waals surface area contributed by atoms with Crippen molar-refractivity contribution in [2.75, 3.05) is 0 Å². The summed E-state index contributed by atoms with van der Waals surface area (Å²) < 4.78 is 6.23. The second-order valence-corrected chi connectivity index (χ2v) is 5.28. The highest BCUT2D eigenvalue weighted by Crippen LogP contribution is 2.33. The van der Waals surface area contributed by atoms with Gasteiger partial charge in [0, 0.05) is 15.4 Å². The van der Waals surface area contributed by atoms with Crippen molar-refractivity contribution in [2.24, 2.45) is 5.73 Å². The molecule has 0 aliphatic carbocycles. The molecule has 84 valence electrons. The monoisotopic (exact) mass is 298 g/mol. The molecule has 0 aliphatic rings. The molecule has 2 N–H and O–H groups in total. The molecule has 3 nitrogen and oxygen atoms in total. The van der Waals surface area contributed by atoms with Crippen LogP contribution < -0.4 is 5.73 Å². The van der Waals surface area contributed by atoms with Crippen molar-refractivity contribution in [3.63, 3.8) is 0 Å². The Morgan fingerprint density at radius 1 is 1.50 bits per heavy atom. The van der Waals surface area contributed by atoms with Gasteiger partial charge in [-0.1, -0.05) is 22.0 Å². The number of benzene rings is 1. The third-order valence-electron chi connectivity index (χ3n) is 2.07. The van der Waals surface area contributed by atoms with Gasteiger partial charge in [0.25, 0.3) is 5.22 Å². The van der Waals surface area contributed by atoms with Crippen LogP contribution >= 0.6 is 27.7 Å². The Labute approximate surface area is 107 Å². The van der Waals surface area contributed by atoms with Crippen molar-refractivity contribution in [2.45, 2.75) is 23.1 Å². The van der Waals surface area contributed by atoms with Gasteiger partial charge in [-0.2, -0.15) is 0 Å². The molecule has 0 fully saturated rings. The van der Waals surface area contributed by atoms with Gasteiger partial charge in [-0.15, -0.1) is 0 Å². The Kier molecular flexibility index (Phi) is 3.68. The van der Waals surface area contributed by atoms with E-state index in [1.807, 2.05) is 25.1 Å². The summed E-state index contributed by atoms with van der Waals surface area (Å²) in [5.74, 6) is 0. The molecule has 2 aromatic rings. The van der Waals surface area contributed by atoms with Crippen LogP contribution in [0.2, 0.25) is 0 Å². The average Bonchev–Trinajstić information content (AvgIpc) is 2.70. The molecule has 1 aromatic heterocycles. The van der Waals surface area contributed by atoms with Crippen LogP contribution in [0, 0.1) is 0 Å². The summed E-state index contributed by atoms with van der Waals surface area (Å²) in [4.78, 5) is 5.14. The molecule has 2 rings (SSSR count). The first kappa shape index (κ1) is 11.7. The average molecular weight is 299 g/mol. The summed E-state index contributed by atoms with van der Waals surface area (Å²) in [7, 11) is 0. The predicted octanol–water partition coefficient (Wildman–Crippen LogP) is 3.61. The highest BCUT2D eigenvalue weighted by atomic mass is 79.9. The van der Waals surface area contributed by atoms with E-state index in [0.717, 1.165) is 14.9 Å². The van der Waals surface area contributed by atoms with Crippen molar-refractivity contribution < 1.29 is 4.42 Å². The number of halogens is 1. The summed E-state index contributed by atoms with van der Waals surface area (Å²) in [5.41, 5.74) is 7.00. The molecule has 0 aliphatic heterocycles. The van der Waals surface area contributed by atoms with E-state index >= 15 is 0 Å². The Bertz CT molecular complexity index is 471. The number of hydrogen-bond donors (Lipinski definition) is 1. The van der Waals surface area contributed by atoms with Gasteiger partial charge < -0.3 is 10.2 Å². The first-order valence-electron chi connectivity index (χ1n) is 4.79. The fourth-order valence-electron chi connectivity index (χ4n) is 1.33. The lowest BCUT2D eigenvalue weighted by Gasteiger charge is -2.11. The summed E-state index contributed by atoms with van der Waals surface area (Å²) in [5, 5.41) is 0.625. The second-order valence-electron chi connectivity index (χ2n) is 3.37. The van der Waals surface area contributed by atoms with E-state index in [9.17, 15) is 0 Å². The summed E-state index contributed by atoms with van der Waals surface area (Å²) in [6, 6.07) is 6.01. The zero-order valence-corrected chi connectivity index (χ0v) is 11.1. The number of hydrogen-bond acceptors (Lipinski definition) is 4. The van der Waals surface area contributed by atoms with Crippen LogP contribution in [0.15, 0.2) is 49.7 Å². The fourth-order valence-corrected chi connectivity index (χ4v) is 2.80. The van der Waals surface area contributed by atoms with Crippen molar-refractivity contribution in [3.05, 3.63) is 40.7 Å². The van der Waals surface area contributed by atoms with Crippen LogP contribution in [0.3, 0.4) is 0 Å². The smallest absolute Gasteiger partial charge is 0.260 e. The highest BCUT2D eigenvalue weighted by Gasteiger charge is 2.10. The molecule has 1 aromatic carbocycles. The van der Waals surface area contributed by atoms with Crippen LogP contribution in [0.25, 0.3) is 0 Å². The first-order valence-corrected chi connectivity index (χ1v) is 6.40. The third kappa shape index (κ3) is 2.66. The van der Waals surface area contributed by atoms with Crippen molar-refractivity contribution >= 4 is 27.7 Å². The minimum atomic E-state index is -0.00874. The van der Waals surface area contributed by atoms with E-state index in [1.165, 1.54) is 11.8 Å². The Morgan fingerprint density at radius 3 is 2.94 bits per heavy atom. The number of rotatable bonds is 3. The van der Waals surface area contributed by atoms with Crippen LogP contribution in [-0.2, 0) is 0 Å². The molecule has 1 atom stereocenters. The number of aromatic nitrogens is 1. The Balaban J connectivity index is 2.34. The third-order valence-corrected chi connectivity index (χ3v) is 3.52. The summed E-state index contributed by atoms with van der Waals surface area (Å²) in [6.07, 6.45) is 3.19. The molecular formula is C11H11BrN2OS. The number of nitrogens with zero attached hydrogens (tertiary/aromatic N) is 1. The van der Waals surface area contributed by atoms with Crippen LogP contribution in [0.4, 0.5) is 0 Å². The topological polar surface area (TPSA) is 52.0 Å². The normalized spacial score (nSPS) is 12.7. The minimum absolute atomic E-state index is 0.00874. The van der Waals surface area contributed by atoms with Gasteiger partial charge in [0.2, 0.25) is 0 Å². The van der Waals surface area contributed by atoms with Gasteiger partial charge in [0.1, 0.15) is 6.26 Å². The highest BCUT2D eigenvalue weighted by molar-refractivity contribution is 9.10. The molecule has 1 unspecified atom stereocenters. The molecule has 5 heteroatoms. The summed E-state index contributed by atoms with van der Waals surface area (Å²) in [6.45, 7) is 1.96. The van der Waals surface area contributed by atoms with E-state index in [1.54, 1.807) is 12.5 Å². The van der Waals surface area contributed by atoms with E-state index in [-0.39, 0.29) is 6.04 Å². The van der Waals surface area contributed by atoms with Gasteiger partial charge in [-0.25, -0.2) is 4.98 Å². The maximum atomic E-state index is 5.91. The van der Waals surface area contributed by atoms with Crippen LogP contribution in [0.5, 0.6) is 0 Å². The molecular weight excluding hydrogens is 288 g/mol. The lowest BCUT2D eigenvalue weighted by Crippen LogP contribution is -2.06. The van der Waals surface area contributed by atoms with Crippen molar-refractivity contribution in [1.29, 1.82) is 0 Å². The maximum absolute atomic E-state index is 5.91. The fraction of sp³-hybridized carbons (Fsp3) is 0.182. The number of nitrogens with two attached hydrogens (primary N) is 1. The first-order chi connectivity index (χ1) is 7.66. The van der Waals surface area contributed by atoms with Gasteiger partial charge in [-0.05, 0) is 36.4 Å². The zero-order valence-electron chi connectivity index (χ0n) is 8.68. The predicted molar refractivity (Wildman–Crippen MR) is 67.4 cm³/mol. The Morgan fingerprint density at radius 2 is 2.31 bits per heavy atom. The van der Waals surface area contributed by atoms with Crippen molar-refractivity contribution in [1.82, 2.24) is 4.98 Å². The lowest BCUT2D eigenvalue weighted by molar-refractivity contribution is 0.454. The largest absolute Gasteiger partial charge is 0.440 e. The van der Waals surface area contributed by atoms with E-state index in [0.29, 0.717) is 5.22 Å². The van der Waals surface area contributed by atoms with Gasteiger partial charge in [0.05, 0.1) is 6.20 Å². The zero-order chi connectivity index (χ0) is 11.5.